The second-order valence-corrected chi connectivity index (χ2v) is 5.62. The van der Waals surface area contributed by atoms with Gasteiger partial charge in [0, 0.05) is 10.5 Å². The van der Waals surface area contributed by atoms with E-state index in [1.54, 1.807) is 0 Å². The number of fused-ring (bicyclic) bond motifs is 1. The van der Waals surface area contributed by atoms with Gasteiger partial charge in [0.25, 0.3) is 0 Å². The van der Waals surface area contributed by atoms with Gasteiger partial charge >= 0.3 is 6.03 Å². The Morgan fingerprint density at radius 1 is 1.47 bits per heavy atom. The first-order valence-electron chi connectivity index (χ1n) is 5.91. The van der Waals surface area contributed by atoms with Crippen LogP contribution in [0, 0.1) is 0 Å². The molecule has 0 bridgehead atoms. The van der Waals surface area contributed by atoms with Crippen LogP contribution >= 0.6 is 15.9 Å². The third-order valence-corrected chi connectivity index (χ3v) is 3.40. The van der Waals surface area contributed by atoms with Crippen molar-refractivity contribution >= 4 is 22.0 Å². The normalized spacial score (nSPS) is 18.0. The van der Waals surface area contributed by atoms with E-state index in [0.29, 0.717) is 0 Å². The van der Waals surface area contributed by atoms with E-state index in [1.807, 2.05) is 19.9 Å². The van der Waals surface area contributed by atoms with E-state index < -0.39 is 0 Å². The van der Waals surface area contributed by atoms with E-state index >= 15 is 0 Å². The number of hydrogen-bond donors (Lipinski definition) is 2. The molecule has 1 aromatic carbocycles. The SMILES string of the molecule is CC(C)NC(=O)NC1CCc2cc(Br)ccc21. The zero-order valence-corrected chi connectivity index (χ0v) is 11.7. The van der Waals surface area contributed by atoms with Gasteiger partial charge in [-0.05, 0) is 49.9 Å². The molecule has 1 aliphatic carbocycles. The molecule has 92 valence electrons. The summed E-state index contributed by atoms with van der Waals surface area (Å²) in [5.41, 5.74) is 2.57. The Morgan fingerprint density at radius 2 is 2.24 bits per heavy atom. The van der Waals surface area contributed by atoms with Crippen LogP contribution in [-0.2, 0) is 6.42 Å². The first-order chi connectivity index (χ1) is 8.06. The van der Waals surface area contributed by atoms with Crippen molar-refractivity contribution in [1.82, 2.24) is 10.6 Å². The molecule has 0 saturated carbocycles. The summed E-state index contributed by atoms with van der Waals surface area (Å²) in [6.07, 6.45) is 2.01. The molecule has 3 nitrogen and oxygen atoms in total. The van der Waals surface area contributed by atoms with Crippen LogP contribution in [0.2, 0.25) is 0 Å². The summed E-state index contributed by atoms with van der Waals surface area (Å²) < 4.78 is 1.10. The summed E-state index contributed by atoms with van der Waals surface area (Å²) in [6, 6.07) is 6.49. The number of aryl methyl sites for hydroxylation is 1. The predicted molar refractivity (Wildman–Crippen MR) is 72.0 cm³/mol. The first-order valence-corrected chi connectivity index (χ1v) is 6.71. The molecule has 0 saturated heterocycles. The molecule has 1 aromatic rings. The Hall–Kier alpha value is -1.03. The highest BCUT2D eigenvalue weighted by Gasteiger charge is 2.23. The number of carbonyl (C=O) groups is 1. The molecular formula is C13H17BrN2O. The van der Waals surface area contributed by atoms with Crippen molar-refractivity contribution in [3.63, 3.8) is 0 Å². The first kappa shape index (κ1) is 12.4. The molecule has 0 aliphatic heterocycles. The molecule has 0 radical (unpaired) electrons. The van der Waals surface area contributed by atoms with Gasteiger partial charge < -0.3 is 10.6 Å². The second-order valence-electron chi connectivity index (χ2n) is 4.71. The van der Waals surface area contributed by atoms with Gasteiger partial charge in [-0.1, -0.05) is 22.0 Å². The van der Waals surface area contributed by atoms with Crippen molar-refractivity contribution in [1.29, 1.82) is 0 Å². The Bertz CT molecular complexity index is 431. The van der Waals surface area contributed by atoms with Gasteiger partial charge in [-0.25, -0.2) is 4.79 Å². The minimum atomic E-state index is -0.0826. The summed E-state index contributed by atoms with van der Waals surface area (Å²) in [5.74, 6) is 0. The average molecular weight is 297 g/mol. The fraction of sp³-hybridized carbons (Fsp3) is 0.462. The van der Waals surface area contributed by atoms with E-state index in [4.69, 9.17) is 0 Å². The monoisotopic (exact) mass is 296 g/mol. The van der Waals surface area contributed by atoms with E-state index in [0.717, 1.165) is 17.3 Å². The number of halogens is 1. The van der Waals surface area contributed by atoms with Crippen LogP contribution in [-0.4, -0.2) is 12.1 Å². The minimum Gasteiger partial charge on any atom is -0.336 e. The van der Waals surface area contributed by atoms with Crippen LogP contribution in [0.1, 0.15) is 37.4 Å². The number of benzene rings is 1. The molecule has 0 heterocycles. The van der Waals surface area contributed by atoms with Gasteiger partial charge in [-0.2, -0.15) is 0 Å². The molecule has 2 N–H and O–H groups in total. The minimum absolute atomic E-state index is 0.0826. The summed E-state index contributed by atoms with van der Waals surface area (Å²) in [6.45, 7) is 3.92. The maximum absolute atomic E-state index is 11.7. The third kappa shape index (κ3) is 3.00. The Balaban J connectivity index is 2.05. The van der Waals surface area contributed by atoms with Crippen LogP contribution in [0.5, 0.6) is 0 Å². The van der Waals surface area contributed by atoms with E-state index in [1.165, 1.54) is 11.1 Å². The number of nitrogens with one attached hydrogen (secondary N) is 2. The number of carbonyl (C=O) groups excluding carboxylic acids is 1. The molecule has 2 rings (SSSR count). The van der Waals surface area contributed by atoms with Gasteiger partial charge in [0.2, 0.25) is 0 Å². The van der Waals surface area contributed by atoms with Gasteiger partial charge in [-0.15, -0.1) is 0 Å². The number of hydrogen-bond acceptors (Lipinski definition) is 1. The van der Waals surface area contributed by atoms with Crippen LogP contribution < -0.4 is 10.6 Å². The van der Waals surface area contributed by atoms with Crippen molar-refractivity contribution in [2.45, 2.75) is 38.8 Å². The lowest BCUT2D eigenvalue weighted by Crippen LogP contribution is -2.40. The molecule has 1 unspecified atom stereocenters. The van der Waals surface area contributed by atoms with Crippen molar-refractivity contribution in [2.24, 2.45) is 0 Å². The predicted octanol–water partition coefficient (Wildman–Crippen LogP) is 3.14. The lowest BCUT2D eigenvalue weighted by Gasteiger charge is -2.16. The van der Waals surface area contributed by atoms with Crippen molar-refractivity contribution in [3.8, 4) is 0 Å². The van der Waals surface area contributed by atoms with Gasteiger partial charge in [0.05, 0.1) is 6.04 Å². The van der Waals surface area contributed by atoms with Gasteiger partial charge in [-0.3, -0.25) is 0 Å². The summed E-state index contributed by atoms with van der Waals surface area (Å²) in [7, 11) is 0. The lowest BCUT2D eigenvalue weighted by atomic mass is 10.1. The van der Waals surface area contributed by atoms with Crippen molar-refractivity contribution in [2.75, 3.05) is 0 Å². The Labute approximate surface area is 110 Å². The third-order valence-electron chi connectivity index (χ3n) is 2.91. The van der Waals surface area contributed by atoms with E-state index in [9.17, 15) is 4.79 Å². The zero-order valence-electron chi connectivity index (χ0n) is 10.1. The molecular weight excluding hydrogens is 280 g/mol. The second kappa shape index (κ2) is 5.08. The Morgan fingerprint density at radius 3 is 2.94 bits per heavy atom. The fourth-order valence-electron chi connectivity index (χ4n) is 2.20. The fourth-order valence-corrected chi connectivity index (χ4v) is 2.61. The van der Waals surface area contributed by atoms with Crippen LogP contribution in [0.3, 0.4) is 0 Å². The largest absolute Gasteiger partial charge is 0.336 e. The van der Waals surface area contributed by atoms with Crippen LogP contribution in [0.15, 0.2) is 22.7 Å². The van der Waals surface area contributed by atoms with Gasteiger partial charge in [0.1, 0.15) is 0 Å². The maximum Gasteiger partial charge on any atom is 0.315 e. The average Bonchev–Trinajstić information content (AvgIpc) is 2.59. The molecule has 2 amide bonds. The van der Waals surface area contributed by atoms with E-state index in [2.05, 4.69) is 38.7 Å². The number of rotatable bonds is 2. The zero-order chi connectivity index (χ0) is 12.4. The van der Waals surface area contributed by atoms with Gasteiger partial charge in [0.15, 0.2) is 0 Å². The standard InChI is InChI=1S/C13H17BrN2O/c1-8(2)15-13(17)16-12-6-3-9-7-10(14)4-5-11(9)12/h4-5,7-8,12H,3,6H2,1-2H3,(H2,15,16,17). The highest BCUT2D eigenvalue weighted by Crippen LogP contribution is 2.32. The molecule has 1 aliphatic rings. The van der Waals surface area contributed by atoms with E-state index in [-0.39, 0.29) is 18.1 Å². The highest BCUT2D eigenvalue weighted by atomic mass is 79.9. The smallest absolute Gasteiger partial charge is 0.315 e. The molecule has 1 atom stereocenters. The van der Waals surface area contributed by atoms with Crippen molar-refractivity contribution in [3.05, 3.63) is 33.8 Å². The van der Waals surface area contributed by atoms with Crippen LogP contribution in [0.4, 0.5) is 4.79 Å². The van der Waals surface area contributed by atoms with Crippen LogP contribution in [0.25, 0.3) is 0 Å². The lowest BCUT2D eigenvalue weighted by molar-refractivity contribution is 0.234. The highest BCUT2D eigenvalue weighted by molar-refractivity contribution is 9.10. The molecule has 0 aromatic heterocycles. The summed E-state index contributed by atoms with van der Waals surface area (Å²) in [4.78, 5) is 11.7. The number of amides is 2. The quantitative estimate of drug-likeness (QED) is 0.865. The summed E-state index contributed by atoms with van der Waals surface area (Å²) >= 11 is 3.47. The maximum atomic E-state index is 11.7. The molecule has 4 heteroatoms. The number of urea groups is 1. The molecule has 0 spiro atoms. The Kier molecular flexibility index (Phi) is 3.72. The molecule has 17 heavy (non-hydrogen) atoms. The molecule has 0 fully saturated rings. The topological polar surface area (TPSA) is 41.1 Å². The van der Waals surface area contributed by atoms with Crippen molar-refractivity contribution < 1.29 is 4.79 Å². The summed E-state index contributed by atoms with van der Waals surface area (Å²) in [5, 5.41) is 5.87.